The van der Waals surface area contributed by atoms with Gasteiger partial charge in [0, 0.05) is 0 Å². The normalized spacial score (nSPS) is 12.5. The molecule has 0 N–H and O–H groups in total. The standard InChI is InChI=1S/C14H14BrP.C14H14ClP.CHCl2.2Au.BrH/c2*1-16(2,15,13-9-5-3-6-10-13)14-11-7-4-8-12-14;2-1-3;;;/h2*3-12H,1-2H2;1H;;;1H/q2*-2;-1;+1;+3;/p-1. The van der Waals surface area contributed by atoms with E-state index in [9.17, 15) is 0 Å². The van der Waals surface area contributed by atoms with E-state index < -0.39 is 11.3 Å². The zero-order valence-electron chi connectivity index (χ0n) is 20.3. The van der Waals surface area contributed by atoms with Crippen molar-refractivity contribution in [2.45, 2.75) is 0 Å². The second-order valence-corrected chi connectivity index (χ2v) is 24.0. The van der Waals surface area contributed by atoms with Crippen molar-refractivity contribution in [3.8, 4) is 0 Å². The average Bonchev–Trinajstić information content (AvgIpc) is 2.92. The van der Waals surface area contributed by atoms with Crippen LogP contribution in [0, 0.1) is 32.0 Å². The van der Waals surface area contributed by atoms with Gasteiger partial charge in [0.05, 0.1) is 0 Å². The Morgan fingerprint density at radius 1 is 0.526 bits per heavy atom. The second kappa shape index (κ2) is 17.9. The van der Waals surface area contributed by atoms with Gasteiger partial charge >= 0.3 is 262 Å². The molecule has 0 saturated carbocycles. The molecule has 38 heavy (non-hydrogen) atoms. The van der Waals surface area contributed by atoms with Crippen molar-refractivity contribution in [2.75, 3.05) is 0 Å². The van der Waals surface area contributed by atoms with Crippen LogP contribution in [0.3, 0.4) is 0 Å². The molecule has 0 spiro atoms. The third-order valence-corrected chi connectivity index (χ3v) is 14.9. The van der Waals surface area contributed by atoms with Crippen LogP contribution in [-0.4, -0.2) is 0 Å². The number of hydrogen-bond acceptors (Lipinski definition) is 0. The minimum absolute atomic E-state index is 0. The van der Waals surface area contributed by atoms with E-state index in [4.69, 9.17) is 11.2 Å². The first-order valence-corrected chi connectivity index (χ1v) is 24.4. The van der Waals surface area contributed by atoms with Crippen molar-refractivity contribution in [3.05, 3.63) is 153 Å². The van der Waals surface area contributed by atoms with Gasteiger partial charge in [-0.3, -0.25) is 0 Å². The van der Waals surface area contributed by atoms with E-state index >= 15 is 0 Å². The van der Waals surface area contributed by atoms with Crippen molar-refractivity contribution in [3.63, 3.8) is 0 Å². The quantitative estimate of drug-likeness (QED) is 0.109. The second-order valence-electron chi connectivity index (χ2n) is 8.18. The van der Waals surface area contributed by atoms with Crippen LogP contribution in [0.5, 0.6) is 0 Å². The topological polar surface area (TPSA) is 0 Å². The monoisotopic (exact) mass is 1100 g/mol. The van der Waals surface area contributed by atoms with Crippen LogP contribution in [0.1, 0.15) is 0 Å². The molecule has 0 saturated heterocycles. The van der Waals surface area contributed by atoms with E-state index in [1.807, 2.05) is 97.1 Å². The molecule has 0 fully saturated rings. The molecule has 0 bridgehead atoms. The SMILES string of the molecule is Cl[CH-]Cl.[Au+3].[Br][Au].[CH2-]P([CH2-])(Br)(c1ccccc1)c1ccccc1.[CH2-]P([CH2-])(Cl)(c1ccccc1)c1ccccc1. The minimum atomic E-state index is -2.96. The predicted molar refractivity (Wildman–Crippen MR) is 179 cm³/mol. The summed E-state index contributed by atoms with van der Waals surface area (Å²) in [4.78, 5) is 0. The summed E-state index contributed by atoms with van der Waals surface area (Å²) in [5.74, 6) is -2.96. The Labute approximate surface area is 286 Å². The number of halogens is 5. The summed E-state index contributed by atoms with van der Waals surface area (Å²) in [6.45, 7) is 17.2. The Morgan fingerprint density at radius 2 is 0.711 bits per heavy atom. The van der Waals surface area contributed by atoms with Crippen LogP contribution >= 0.6 is 74.2 Å². The van der Waals surface area contributed by atoms with Gasteiger partial charge in [-0.25, -0.2) is 0 Å². The molecule has 4 aromatic carbocycles. The molecule has 214 valence electrons. The van der Waals surface area contributed by atoms with Crippen LogP contribution in [0.15, 0.2) is 121 Å². The molecule has 4 rings (SSSR count). The summed E-state index contributed by atoms with van der Waals surface area (Å²) in [5, 5.41) is 2.69. The fraction of sp³-hybridized carbons (Fsp3) is 0. The van der Waals surface area contributed by atoms with Gasteiger partial charge in [0.15, 0.2) is 0 Å². The molecule has 0 heterocycles. The van der Waals surface area contributed by atoms with Crippen molar-refractivity contribution in [1.82, 2.24) is 0 Å². The first-order chi connectivity index (χ1) is 17.4. The van der Waals surface area contributed by atoms with Gasteiger partial charge in [-0.2, -0.15) is 5.34 Å². The summed E-state index contributed by atoms with van der Waals surface area (Å²) < 4.78 is 0. The Kier molecular flexibility index (Phi) is 18.4. The Bertz CT molecular complexity index is 987. The zero-order valence-corrected chi connectivity index (χ0v) is 31.9. The number of benzene rings is 4. The van der Waals surface area contributed by atoms with Gasteiger partial charge in [0.2, 0.25) is 0 Å². The van der Waals surface area contributed by atoms with E-state index in [-0.39, 0.29) is 22.4 Å². The van der Waals surface area contributed by atoms with Crippen molar-refractivity contribution in [1.29, 1.82) is 0 Å². The van der Waals surface area contributed by atoms with E-state index in [1.54, 1.807) is 0 Å². The average molecular weight is 1100 g/mol. The molecule has 0 aliphatic carbocycles. The molecular formula is C29H29Au2Br2Cl3P2-2. The van der Waals surface area contributed by atoms with Crippen molar-refractivity contribution >= 4 is 95.4 Å². The number of rotatable bonds is 4. The fourth-order valence-electron chi connectivity index (χ4n) is 3.38. The maximum atomic E-state index is 6.75. The van der Waals surface area contributed by atoms with Gasteiger partial charge < -0.3 is 23.2 Å². The summed E-state index contributed by atoms with van der Waals surface area (Å²) >= 11 is 24.8. The maximum absolute atomic E-state index is 6.75. The molecular weight excluding hydrogens is 1070 g/mol. The Morgan fingerprint density at radius 3 is 0.921 bits per heavy atom. The van der Waals surface area contributed by atoms with Gasteiger partial charge in [0.25, 0.3) is 0 Å². The third-order valence-electron chi connectivity index (χ3n) is 5.39. The van der Waals surface area contributed by atoms with Gasteiger partial charge in [0.1, 0.15) is 0 Å². The van der Waals surface area contributed by atoms with Crippen LogP contribution in [0.2, 0.25) is 0 Å². The van der Waals surface area contributed by atoms with Gasteiger partial charge in [-0.1, -0.05) is 0 Å². The van der Waals surface area contributed by atoms with Crippen LogP contribution in [0.25, 0.3) is 0 Å². The molecule has 0 unspecified atom stereocenters. The summed E-state index contributed by atoms with van der Waals surface area (Å²) in [5.41, 5.74) is 0. The molecule has 0 aliphatic heterocycles. The summed E-state index contributed by atoms with van der Waals surface area (Å²) in [7, 11) is 0. The molecule has 4 aromatic rings. The fourth-order valence-corrected chi connectivity index (χ4v) is 9.49. The molecule has 0 aliphatic rings. The number of hydrogen-bond donors (Lipinski definition) is 0. The van der Waals surface area contributed by atoms with Crippen LogP contribution < -0.4 is 21.2 Å². The predicted octanol–water partition coefficient (Wildman–Crippen LogP) is 10.4. The summed E-state index contributed by atoms with van der Waals surface area (Å²) in [6, 6.07) is 40.3. The molecule has 0 aromatic heterocycles. The van der Waals surface area contributed by atoms with E-state index in [0.717, 1.165) is 15.9 Å². The molecule has 0 atom stereocenters. The Balaban J connectivity index is 0.000000603. The zero-order chi connectivity index (χ0) is 28.1. The van der Waals surface area contributed by atoms with E-state index in [2.05, 4.69) is 122 Å². The van der Waals surface area contributed by atoms with Crippen LogP contribution in [-0.2, 0) is 41.3 Å². The van der Waals surface area contributed by atoms with E-state index in [0.29, 0.717) is 0 Å². The van der Waals surface area contributed by atoms with Gasteiger partial charge in [-0.15, -0.1) is 0 Å². The van der Waals surface area contributed by atoms with Gasteiger partial charge in [-0.05, 0) is 0 Å². The first-order valence-electron chi connectivity index (χ1n) is 10.7. The molecule has 0 nitrogen and oxygen atoms in total. The molecule has 0 radical (unpaired) electrons. The molecule has 9 heteroatoms. The molecule has 0 amide bonds. The van der Waals surface area contributed by atoms with Crippen molar-refractivity contribution in [2.24, 2.45) is 0 Å². The summed E-state index contributed by atoms with van der Waals surface area (Å²) in [6.07, 6.45) is 0. The van der Waals surface area contributed by atoms with Crippen molar-refractivity contribution < 1.29 is 41.3 Å². The first kappa shape index (κ1) is 39.1. The Hall–Kier alpha value is 1.05. The third kappa shape index (κ3) is 11.4. The van der Waals surface area contributed by atoms with E-state index in [1.165, 1.54) is 10.6 Å². The van der Waals surface area contributed by atoms with Crippen LogP contribution in [0.4, 0.5) is 0 Å².